The predicted octanol–water partition coefficient (Wildman–Crippen LogP) is 2.29. The summed E-state index contributed by atoms with van der Waals surface area (Å²) in [6.45, 7) is 2.80. The van der Waals surface area contributed by atoms with Crippen molar-refractivity contribution < 1.29 is 14.3 Å². The van der Waals surface area contributed by atoms with Crippen LogP contribution in [0.15, 0.2) is 42.7 Å². The van der Waals surface area contributed by atoms with Crippen molar-refractivity contribution in [2.24, 2.45) is 13.0 Å². The average molecular weight is 274 g/mol. The zero-order valence-electron chi connectivity index (χ0n) is 11.7. The van der Waals surface area contributed by atoms with Crippen molar-refractivity contribution in [3.8, 4) is 5.75 Å². The van der Waals surface area contributed by atoms with Crippen molar-refractivity contribution in [1.82, 2.24) is 9.78 Å². The lowest BCUT2D eigenvalue weighted by atomic mass is 10.2. The molecule has 2 rings (SSSR count). The number of carbonyl (C=O) groups excluding carboxylic acids is 1. The van der Waals surface area contributed by atoms with Crippen molar-refractivity contribution in [3.63, 3.8) is 0 Å². The second-order valence-electron chi connectivity index (χ2n) is 4.73. The van der Waals surface area contributed by atoms with E-state index in [2.05, 4.69) is 5.10 Å². The van der Waals surface area contributed by atoms with Crippen LogP contribution in [0, 0.1) is 5.92 Å². The van der Waals surface area contributed by atoms with E-state index in [0.29, 0.717) is 18.8 Å². The first-order valence-corrected chi connectivity index (χ1v) is 6.49. The van der Waals surface area contributed by atoms with Gasteiger partial charge < -0.3 is 9.47 Å². The standard InChI is InChI=1S/C15H18N2O3/c1-12(10-19-14-6-4-3-5-7-14)11-20-15(18)13-8-16-17(2)9-13/h3-9,12H,10-11H2,1-2H3/t12-/m0/s1. The van der Waals surface area contributed by atoms with Gasteiger partial charge in [0.25, 0.3) is 0 Å². The molecule has 0 spiro atoms. The number of aromatic nitrogens is 2. The van der Waals surface area contributed by atoms with Gasteiger partial charge in [-0.15, -0.1) is 0 Å². The maximum absolute atomic E-state index is 11.7. The molecule has 1 aromatic carbocycles. The van der Waals surface area contributed by atoms with Crippen LogP contribution in [0.5, 0.6) is 5.75 Å². The lowest BCUT2D eigenvalue weighted by molar-refractivity contribution is 0.0415. The monoisotopic (exact) mass is 274 g/mol. The highest BCUT2D eigenvalue weighted by atomic mass is 16.5. The maximum Gasteiger partial charge on any atom is 0.341 e. The molecule has 0 unspecified atom stereocenters. The molecule has 0 fully saturated rings. The molecule has 0 amide bonds. The third-order valence-electron chi connectivity index (χ3n) is 2.72. The molecular formula is C15H18N2O3. The van der Waals surface area contributed by atoms with Gasteiger partial charge in [0, 0.05) is 19.2 Å². The Morgan fingerprint density at radius 1 is 1.30 bits per heavy atom. The third-order valence-corrected chi connectivity index (χ3v) is 2.72. The second kappa shape index (κ2) is 6.75. The molecule has 0 saturated carbocycles. The molecule has 0 aliphatic heterocycles. The summed E-state index contributed by atoms with van der Waals surface area (Å²) in [6.07, 6.45) is 3.13. The first-order chi connectivity index (χ1) is 9.65. The maximum atomic E-state index is 11.7. The Kier molecular flexibility index (Phi) is 4.76. The minimum atomic E-state index is -0.357. The van der Waals surface area contributed by atoms with Crippen LogP contribution in [-0.4, -0.2) is 29.0 Å². The number of nitrogens with zero attached hydrogens (tertiary/aromatic N) is 2. The zero-order valence-corrected chi connectivity index (χ0v) is 11.7. The summed E-state index contributed by atoms with van der Waals surface area (Å²) < 4.78 is 12.4. The smallest absolute Gasteiger partial charge is 0.341 e. The van der Waals surface area contributed by atoms with E-state index in [9.17, 15) is 4.79 Å². The molecule has 1 heterocycles. The highest BCUT2D eigenvalue weighted by molar-refractivity contribution is 5.88. The summed E-state index contributed by atoms with van der Waals surface area (Å²) in [7, 11) is 1.76. The number of para-hydroxylation sites is 1. The van der Waals surface area contributed by atoms with Gasteiger partial charge in [-0.25, -0.2) is 4.79 Å². The van der Waals surface area contributed by atoms with Crippen LogP contribution in [0.4, 0.5) is 0 Å². The highest BCUT2D eigenvalue weighted by Gasteiger charge is 2.12. The van der Waals surface area contributed by atoms with Gasteiger partial charge in [-0.1, -0.05) is 25.1 Å². The number of aryl methyl sites for hydroxylation is 1. The van der Waals surface area contributed by atoms with Gasteiger partial charge in [0.05, 0.1) is 25.0 Å². The molecule has 0 radical (unpaired) electrons. The van der Waals surface area contributed by atoms with E-state index < -0.39 is 0 Å². The second-order valence-corrected chi connectivity index (χ2v) is 4.73. The molecule has 0 aliphatic rings. The molecule has 2 aromatic rings. The number of hydrogen-bond donors (Lipinski definition) is 0. The van der Waals surface area contributed by atoms with E-state index in [1.165, 1.54) is 6.20 Å². The summed E-state index contributed by atoms with van der Waals surface area (Å²) >= 11 is 0. The van der Waals surface area contributed by atoms with Crippen molar-refractivity contribution in [1.29, 1.82) is 0 Å². The van der Waals surface area contributed by atoms with Crippen LogP contribution in [0.25, 0.3) is 0 Å². The summed E-state index contributed by atoms with van der Waals surface area (Å²) in [5.41, 5.74) is 0.462. The molecule has 0 saturated heterocycles. The molecule has 106 valence electrons. The van der Waals surface area contributed by atoms with Gasteiger partial charge in [-0.2, -0.15) is 5.10 Å². The van der Waals surface area contributed by atoms with Gasteiger partial charge in [0.1, 0.15) is 5.75 Å². The quantitative estimate of drug-likeness (QED) is 0.758. The number of esters is 1. The van der Waals surface area contributed by atoms with E-state index in [4.69, 9.17) is 9.47 Å². The predicted molar refractivity (Wildman–Crippen MR) is 74.6 cm³/mol. The molecule has 20 heavy (non-hydrogen) atoms. The zero-order chi connectivity index (χ0) is 14.4. The van der Waals surface area contributed by atoms with Gasteiger partial charge in [-0.3, -0.25) is 4.68 Å². The SMILES string of the molecule is C[C@H](COC(=O)c1cnn(C)c1)COc1ccccc1. The van der Waals surface area contributed by atoms with Crippen molar-refractivity contribution in [3.05, 3.63) is 48.3 Å². The average Bonchev–Trinajstić information content (AvgIpc) is 2.90. The minimum absolute atomic E-state index is 0.121. The minimum Gasteiger partial charge on any atom is -0.493 e. The molecular weight excluding hydrogens is 256 g/mol. The highest BCUT2D eigenvalue weighted by Crippen LogP contribution is 2.10. The Morgan fingerprint density at radius 3 is 2.70 bits per heavy atom. The van der Waals surface area contributed by atoms with Crippen molar-refractivity contribution in [2.45, 2.75) is 6.92 Å². The van der Waals surface area contributed by atoms with Crippen LogP contribution in [0.2, 0.25) is 0 Å². The van der Waals surface area contributed by atoms with Crippen molar-refractivity contribution >= 4 is 5.97 Å². The number of carbonyl (C=O) groups is 1. The van der Waals surface area contributed by atoms with Crippen LogP contribution >= 0.6 is 0 Å². The first-order valence-electron chi connectivity index (χ1n) is 6.49. The fourth-order valence-electron chi connectivity index (χ4n) is 1.63. The van der Waals surface area contributed by atoms with Gasteiger partial charge in [-0.05, 0) is 12.1 Å². The molecule has 0 bridgehead atoms. The molecule has 5 heteroatoms. The molecule has 1 atom stereocenters. The summed E-state index contributed by atoms with van der Waals surface area (Å²) in [5.74, 6) is 0.582. The number of ether oxygens (including phenoxy) is 2. The Labute approximate surface area is 118 Å². The molecule has 5 nitrogen and oxygen atoms in total. The third kappa shape index (κ3) is 4.12. The van der Waals surface area contributed by atoms with Crippen molar-refractivity contribution in [2.75, 3.05) is 13.2 Å². The van der Waals surface area contributed by atoms with Crippen LogP contribution in [0.1, 0.15) is 17.3 Å². The summed E-state index contributed by atoms with van der Waals surface area (Å²) in [4.78, 5) is 11.7. The van der Waals surface area contributed by atoms with E-state index in [1.54, 1.807) is 17.9 Å². The van der Waals surface area contributed by atoms with Gasteiger partial charge in [0.15, 0.2) is 0 Å². The van der Waals surface area contributed by atoms with Crippen LogP contribution in [-0.2, 0) is 11.8 Å². The summed E-state index contributed by atoms with van der Waals surface area (Å²) in [5, 5.41) is 3.93. The Hall–Kier alpha value is -2.30. The Morgan fingerprint density at radius 2 is 2.05 bits per heavy atom. The Bertz CT molecular complexity index is 551. The number of hydrogen-bond acceptors (Lipinski definition) is 4. The van der Waals surface area contributed by atoms with E-state index in [0.717, 1.165) is 5.75 Å². The Balaban J connectivity index is 1.72. The summed E-state index contributed by atoms with van der Waals surface area (Å²) in [6, 6.07) is 9.57. The number of rotatable bonds is 6. The lowest BCUT2D eigenvalue weighted by Gasteiger charge is -2.13. The normalized spacial score (nSPS) is 11.9. The number of benzene rings is 1. The van der Waals surface area contributed by atoms with Gasteiger partial charge >= 0.3 is 5.97 Å². The lowest BCUT2D eigenvalue weighted by Crippen LogP contribution is -2.17. The molecule has 1 aromatic heterocycles. The van der Waals surface area contributed by atoms with E-state index in [-0.39, 0.29) is 11.9 Å². The molecule has 0 N–H and O–H groups in total. The fraction of sp³-hybridized carbons (Fsp3) is 0.333. The van der Waals surface area contributed by atoms with Crippen LogP contribution in [0.3, 0.4) is 0 Å². The molecule has 0 aliphatic carbocycles. The fourth-order valence-corrected chi connectivity index (χ4v) is 1.63. The largest absolute Gasteiger partial charge is 0.493 e. The topological polar surface area (TPSA) is 53.3 Å². The van der Waals surface area contributed by atoms with E-state index >= 15 is 0 Å². The first kappa shape index (κ1) is 14.1. The van der Waals surface area contributed by atoms with Gasteiger partial charge in [0.2, 0.25) is 0 Å². The van der Waals surface area contributed by atoms with Crippen LogP contribution < -0.4 is 4.74 Å². The van der Waals surface area contributed by atoms with E-state index in [1.807, 2.05) is 37.3 Å².